The van der Waals surface area contributed by atoms with E-state index in [1.165, 1.54) is 37.1 Å². The third kappa shape index (κ3) is 3.05. The summed E-state index contributed by atoms with van der Waals surface area (Å²) in [6.07, 6.45) is 5.42. The standard InChI is InChI=1S/C15H21NS/c1-11(10-16-13-6-7-13)8-14-9-12-4-2-3-5-15(12)17-14/h2-5,11,13-14,16H,6-10H2,1H3. The number of rotatable bonds is 5. The van der Waals surface area contributed by atoms with Crippen molar-refractivity contribution in [3.8, 4) is 0 Å². The van der Waals surface area contributed by atoms with E-state index in [1.54, 1.807) is 5.56 Å². The number of hydrogen-bond acceptors (Lipinski definition) is 2. The molecule has 1 aromatic rings. The van der Waals surface area contributed by atoms with Crippen LogP contribution in [0.1, 0.15) is 31.7 Å². The van der Waals surface area contributed by atoms with Gasteiger partial charge in [0.25, 0.3) is 0 Å². The van der Waals surface area contributed by atoms with Gasteiger partial charge in [-0.25, -0.2) is 0 Å². The summed E-state index contributed by atoms with van der Waals surface area (Å²) in [6, 6.07) is 9.74. The van der Waals surface area contributed by atoms with Crippen LogP contribution in [0.5, 0.6) is 0 Å². The average Bonchev–Trinajstić information content (AvgIpc) is 3.06. The number of fused-ring (bicyclic) bond motifs is 1. The Balaban J connectivity index is 1.47. The lowest BCUT2D eigenvalue weighted by molar-refractivity contribution is 0.473. The summed E-state index contributed by atoms with van der Waals surface area (Å²) >= 11 is 2.09. The molecule has 0 aromatic heterocycles. The molecule has 0 bridgehead atoms. The highest BCUT2D eigenvalue weighted by atomic mass is 32.2. The van der Waals surface area contributed by atoms with E-state index in [0.29, 0.717) is 0 Å². The van der Waals surface area contributed by atoms with Gasteiger partial charge in [0.1, 0.15) is 0 Å². The second kappa shape index (κ2) is 5.03. The van der Waals surface area contributed by atoms with E-state index in [9.17, 15) is 0 Å². The molecule has 2 heteroatoms. The van der Waals surface area contributed by atoms with Crippen LogP contribution in [-0.4, -0.2) is 17.8 Å². The van der Waals surface area contributed by atoms with E-state index >= 15 is 0 Å². The first-order valence-corrected chi connectivity index (χ1v) is 7.67. The average molecular weight is 247 g/mol. The summed E-state index contributed by atoms with van der Waals surface area (Å²) in [7, 11) is 0. The molecule has 1 aliphatic carbocycles. The van der Waals surface area contributed by atoms with Crippen LogP contribution in [-0.2, 0) is 6.42 Å². The molecule has 1 heterocycles. The van der Waals surface area contributed by atoms with Gasteiger partial charge < -0.3 is 5.32 Å². The van der Waals surface area contributed by atoms with Gasteiger partial charge in [0, 0.05) is 16.2 Å². The molecule has 17 heavy (non-hydrogen) atoms. The van der Waals surface area contributed by atoms with E-state index in [-0.39, 0.29) is 0 Å². The molecule has 0 saturated heterocycles. The normalized spacial score (nSPS) is 24.6. The van der Waals surface area contributed by atoms with Crippen molar-refractivity contribution in [1.29, 1.82) is 0 Å². The van der Waals surface area contributed by atoms with E-state index in [4.69, 9.17) is 0 Å². The van der Waals surface area contributed by atoms with Crippen LogP contribution >= 0.6 is 11.8 Å². The van der Waals surface area contributed by atoms with Gasteiger partial charge in [-0.15, -0.1) is 11.8 Å². The molecule has 1 aliphatic heterocycles. The van der Waals surface area contributed by atoms with Gasteiger partial charge in [-0.05, 0) is 49.8 Å². The minimum absolute atomic E-state index is 0.808. The zero-order valence-corrected chi connectivity index (χ0v) is 11.3. The minimum atomic E-state index is 0.808. The molecule has 2 atom stereocenters. The molecule has 1 fully saturated rings. The summed E-state index contributed by atoms with van der Waals surface area (Å²) in [4.78, 5) is 1.51. The smallest absolute Gasteiger partial charge is 0.0138 e. The highest BCUT2D eigenvalue weighted by molar-refractivity contribution is 8.00. The second-order valence-corrected chi connectivity index (χ2v) is 6.92. The van der Waals surface area contributed by atoms with Gasteiger partial charge in [0.05, 0.1) is 0 Å². The Morgan fingerprint density at radius 1 is 1.35 bits per heavy atom. The lowest BCUT2D eigenvalue weighted by Crippen LogP contribution is -2.25. The Kier molecular flexibility index (Phi) is 3.44. The predicted molar refractivity (Wildman–Crippen MR) is 74.6 cm³/mol. The lowest BCUT2D eigenvalue weighted by atomic mass is 10.0. The van der Waals surface area contributed by atoms with Gasteiger partial charge in [-0.1, -0.05) is 25.1 Å². The molecule has 0 radical (unpaired) electrons. The molecule has 1 aromatic carbocycles. The van der Waals surface area contributed by atoms with Crippen LogP contribution in [0.15, 0.2) is 29.2 Å². The molecule has 0 amide bonds. The molecule has 1 saturated carbocycles. The maximum absolute atomic E-state index is 3.64. The van der Waals surface area contributed by atoms with Crippen molar-refractivity contribution in [3.05, 3.63) is 29.8 Å². The molecular weight excluding hydrogens is 226 g/mol. The molecule has 2 unspecified atom stereocenters. The quantitative estimate of drug-likeness (QED) is 0.855. The maximum atomic E-state index is 3.64. The van der Waals surface area contributed by atoms with Gasteiger partial charge in [0.2, 0.25) is 0 Å². The van der Waals surface area contributed by atoms with Crippen LogP contribution in [0, 0.1) is 5.92 Å². The Labute approximate surface area is 108 Å². The van der Waals surface area contributed by atoms with Crippen LogP contribution in [0.4, 0.5) is 0 Å². The zero-order chi connectivity index (χ0) is 11.7. The summed E-state index contributed by atoms with van der Waals surface area (Å²) in [6.45, 7) is 3.59. The third-order valence-electron chi connectivity index (χ3n) is 3.71. The molecular formula is C15H21NS. The van der Waals surface area contributed by atoms with Crippen molar-refractivity contribution in [2.75, 3.05) is 6.54 Å². The molecule has 3 rings (SSSR count). The number of benzene rings is 1. The predicted octanol–water partition coefficient (Wildman–Crippen LogP) is 3.48. The number of thioether (sulfide) groups is 1. The third-order valence-corrected chi connectivity index (χ3v) is 5.06. The Morgan fingerprint density at radius 2 is 2.18 bits per heavy atom. The molecule has 1 nitrogen and oxygen atoms in total. The lowest BCUT2D eigenvalue weighted by Gasteiger charge is -2.16. The Bertz CT molecular complexity index is 361. The summed E-state index contributed by atoms with van der Waals surface area (Å²) in [5.74, 6) is 0.808. The van der Waals surface area contributed by atoms with Crippen molar-refractivity contribution >= 4 is 11.8 Å². The fourth-order valence-corrected chi connectivity index (χ4v) is 4.08. The van der Waals surface area contributed by atoms with Crippen molar-refractivity contribution < 1.29 is 0 Å². The van der Waals surface area contributed by atoms with Gasteiger partial charge in [0.15, 0.2) is 0 Å². The van der Waals surface area contributed by atoms with E-state index in [2.05, 4.69) is 48.3 Å². The van der Waals surface area contributed by atoms with Gasteiger partial charge in [-0.3, -0.25) is 0 Å². The molecule has 0 spiro atoms. The van der Waals surface area contributed by atoms with Crippen LogP contribution in [0.25, 0.3) is 0 Å². The second-order valence-electron chi connectivity index (χ2n) is 5.58. The number of hydrogen-bond donors (Lipinski definition) is 1. The zero-order valence-electron chi connectivity index (χ0n) is 10.5. The molecule has 2 aliphatic rings. The molecule has 1 N–H and O–H groups in total. The van der Waals surface area contributed by atoms with E-state index in [1.807, 2.05) is 0 Å². The van der Waals surface area contributed by atoms with Crippen LogP contribution in [0.2, 0.25) is 0 Å². The van der Waals surface area contributed by atoms with Crippen LogP contribution < -0.4 is 5.32 Å². The van der Waals surface area contributed by atoms with Crippen molar-refractivity contribution in [3.63, 3.8) is 0 Å². The summed E-state index contributed by atoms with van der Waals surface area (Å²) in [5.41, 5.74) is 1.56. The summed E-state index contributed by atoms with van der Waals surface area (Å²) < 4.78 is 0. The first kappa shape index (κ1) is 11.6. The SMILES string of the molecule is CC(CNC1CC1)CC1Cc2ccccc2S1. The highest BCUT2D eigenvalue weighted by Gasteiger charge is 2.25. The number of nitrogens with one attached hydrogen (secondary N) is 1. The first-order chi connectivity index (χ1) is 8.31. The van der Waals surface area contributed by atoms with Crippen molar-refractivity contribution in [2.45, 2.75) is 48.8 Å². The minimum Gasteiger partial charge on any atom is -0.314 e. The summed E-state index contributed by atoms with van der Waals surface area (Å²) in [5, 5.41) is 4.45. The van der Waals surface area contributed by atoms with Crippen molar-refractivity contribution in [1.82, 2.24) is 5.32 Å². The Morgan fingerprint density at radius 3 is 2.94 bits per heavy atom. The Hall–Kier alpha value is -0.470. The van der Waals surface area contributed by atoms with Gasteiger partial charge in [-0.2, -0.15) is 0 Å². The van der Waals surface area contributed by atoms with Gasteiger partial charge >= 0.3 is 0 Å². The largest absolute Gasteiger partial charge is 0.314 e. The van der Waals surface area contributed by atoms with E-state index in [0.717, 1.165) is 17.2 Å². The fraction of sp³-hybridized carbons (Fsp3) is 0.600. The van der Waals surface area contributed by atoms with E-state index < -0.39 is 0 Å². The fourth-order valence-electron chi connectivity index (χ4n) is 2.57. The van der Waals surface area contributed by atoms with Crippen LogP contribution in [0.3, 0.4) is 0 Å². The molecule has 92 valence electrons. The monoisotopic (exact) mass is 247 g/mol. The maximum Gasteiger partial charge on any atom is 0.0138 e. The highest BCUT2D eigenvalue weighted by Crippen LogP contribution is 2.39. The van der Waals surface area contributed by atoms with Crippen molar-refractivity contribution in [2.24, 2.45) is 5.92 Å². The first-order valence-electron chi connectivity index (χ1n) is 6.79. The topological polar surface area (TPSA) is 12.0 Å².